The van der Waals surface area contributed by atoms with E-state index in [0.29, 0.717) is 31.3 Å². The zero-order valence-electron chi connectivity index (χ0n) is 27.7. The Morgan fingerprint density at radius 2 is 1.81 bits per heavy atom. The fourth-order valence-corrected chi connectivity index (χ4v) is 6.23. The molecule has 3 rings (SSSR count). The number of carbonyl (C=O) groups is 6. The minimum absolute atomic E-state index is 0.00228. The monoisotopic (exact) mass is 685 g/mol. The molecule has 9 N–H and O–H groups in total. The molecule has 2 aromatic rings. The number of ketones is 1. The van der Waals surface area contributed by atoms with Crippen molar-refractivity contribution < 1.29 is 28.8 Å². The molecule has 0 spiro atoms. The highest BCUT2D eigenvalue weighted by molar-refractivity contribution is 7.20. The molecule has 1 aliphatic heterocycles. The van der Waals surface area contributed by atoms with Gasteiger partial charge in [0.05, 0.1) is 16.3 Å². The number of nitrogens with two attached hydrogens (primary N) is 2. The number of thiazole rings is 1. The second-order valence-corrected chi connectivity index (χ2v) is 13.3. The smallest absolute Gasteiger partial charge is 0.243 e. The summed E-state index contributed by atoms with van der Waals surface area (Å²) in [6.07, 6.45) is 2.08. The lowest BCUT2D eigenvalue weighted by molar-refractivity contribution is -0.134. The van der Waals surface area contributed by atoms with Crippen LogP contribution in [0.1, 0.15) is 81.9 Å². The molecule has 4 atom stereocenters. The summed E-state index contributed by atoms with van der Waals surface area (Å²) in [6, 6.07) is 3.23. The maximum atomic E-state index is 13.8. The topological polar surface area (TPSA) is 240 Å². The lowest BCUT2D eigenvalue weighted by Gasteiger charge is -2.27. The second-order valence-electron chi connectivity index (χ2n) is 12.3. The van der Waals surface area contributed by atoms with E-state index in [1.807, 2.05) is 32.0 Å². The van der Waals surface area contributed by atoms with Crippen molar-refractivity contribution in [2.24, 2.45) is 22.4 Å². The minimum Gasteiger partial charge on any atom is -0.370 e. The molecule has 0 aliphatic carbocycles. The van der Waals surface area contributed by atoms with E-state index in [1.165, 1.54) is 18.3 Å². The minimum atomic E-state index is -1.06. The number of fused-ring (bicyclic) bond motifs is 1. The van der Waals surface area contributed by atoms with Crippen molar-refractivity contribution in [1.29, 1.82) is 0 Å². The normalized spacial score (nSPS) is 20.3. The summed E-state index contributed by atoms with van der Waals surface area (Å²) >= 11 is 1.22. The van der Waals surface area contributed by atoms with E-state index in [-0.39, 0.29) is 67.2 Å². The van der Waals surface area contributed by atoms with Crippen LogP contribution in [-0.2, 0) is 24.0 Å². The van der Waals surface area contributed by atoms with E-state index in [1.54, 1.807) is 6.07 Å². The molecule has 48 heavy (non-hydrogen) atoms. The van der Waals surface area contributed by atoms with Gasteiger partial charge in [0.1, 0.15) is 18.1 Å². The number of nitrogens with one attached hydrogen (secondary N) is 5. The number of hydrogen-bond donors (Lipinski definition) is 7. The highest BCUT2D eigenvalue weighted by Crippen LogP contribution is 2.23. The van der Waals surface area contributed by atoms with Gasteiger partial charge < -0.3 is 38.1 Å². The van der Waals surface area contributed by atoms with Crippen LogP contribution in [0.25, 0.3) is 10.2 Å². The van der Waals surface area contributed by atoms with E-state index in [9.17, 15) is 28.8 Å². The van der Waals surface area contributed by atoms with Gasteiger partial charge in [-0.25, -0.2) is 4.98 Å². The van der Waals surface area contributed by atoms with Crippen molar-refractivity contribution in [1.82, 2.24) is 31.6 Å². The summed E-state index contributed by atoms with van der Waals surface area (Å²) < 4.78 is 0.826. The first kappa shape index (κ1) is 37.9. The van der Waals surface area contributed by atoms with Crippen LogP contribution in [0.5, 0.6) is 0 Å². The number of Topliss-reactive ketones (excluding diaryl/α,β-unsaturated/α-hetero) is 1. The van der Waals surface area contributed by atoms with Crippen LogP contribution in [0, 0.1) is 5.92 Å². The van der Waals surface area contributed by atoms with Gasteiger partial charge in [0, 0.05) is 26.4 Å². The van der Waals surface area contributed by atoms with E-state index in [0.717, 1.165) is 4.70 Å². The Morgan fingerprint density at radius 3 is 2.50 bits per heavy atom. The first-order valence-corrected chi connectivity index (χ1v) is 17.1. The number of guanidine groups is 1. The Hall–Kier alpha value is -4.60. The van der Waals surface area contributed by atoms with E-state index in [2.05, 4.69) is 36.6 Å². The highest BCUT2D eigenvalue weighted by atomic mass is 32.1. The molecule has 0 saturated carbocycles. The molecule has 1 aromatic heterocycles. The Kier molecular flexibility index (Phi) is 14.7. The standard InChI is InChI=1S/C32H47N9O6S/c1-18(2)17-24-30(47)39-22(10-6-7-15-35-26(43)14-13-23(29(46)40-24)37-19(3)42)28(45)38-21(11-8-16-36-32(33)34)27(44)31-41-20-9-4-5-12-25(20)48-31/h4-5,9,12,18,21-24H,6-8,10-11,13-17H2,1-3H3,(H,35,43)(H,37,42)(H,38,45)(H,39,47)(H,40,46)(H4,33,34,36)/t21-,22-,23-,24-/m0/s1. The lowest BCUT2D eigenvalue weighted by Crippen LogP contribution is -2.58. The largest absolute Gasteiger partial charge is 0.370 e. The van der Waals surface area contributed by atoms with Crippen molar-refractivity contribution in [2.45, 2.75) is 96.3 Å². The quantitative estimate of drug-likeness (QED) is 0.0758. The van der Waals surface area contributed by atoms with Crippen LogP contribution < -0.4 is 38.1 Å². The number of rotatable bonds is 11. The molecule has 1 aromatic carbocycles. The molecule has 1 aliphatic rings. The third-order valence-electron chi connectivity index (χ3n) is 7.65. The third kappa shape index (κ3) is 12.2. The first-order valence-electron chi connectivity index (χ1n) is 16.2. The molecule has 2 heterocycles. The molecule has 5 amide bonds. The number of hydrogen-bond acceptors (Lipinski definition) is 9. The lowest BCUT2D eigenvalue weighted by atomic mass is 10.0. The zero-order valence-corrected chi connectivity index (χ0v) is 28.5. The maximum absolute atomic E-state index is 13.8. The number of carbonyl (C=O) groups excluding carboxylic acids is 6. The Balaban J connectivity index is 1.87. The van der Waals surface area contributed by atoms with Crippen LogP contribution in [0.15, 0.2) is 29.3 Å². The summed E-state index contributed by atoms with van der Waals surface area (Å²) in [5.74, 6) is -2.99. The average molecular weight is 686 g/mol. The van der Waals surface area contributed by atoms with Crippen LogP contribution in [0.3, 0.4) is 0 Å². The van der Waals surface area contributed by atoms with Crippen molar-refractivity contribution in [2.75, 3.05) is 13.1 Å². The van der Waals surface area contributed by atoms with Gasteiger partial charge in [-0.15, -0.1) is 11.3 Å². The summed E-state index contributed by atoms with van der Waals surface area (Å²) in [6.45, 7) is 5.59. The first-order chi connectivity index (χ1) is 22.8. The Morgan fingerprint density at radius 1 is 1.06 bits per heavy atom. The van der Waals surface area contributed by atoms with Crippen LogP contribution >= 0.6 is 11.3 Å². The number of aromatic nitrogens is 1. The molecule has 1 saturated heterocycles. The number of nitrogens with zero attached hydrogens (tertiary/aromatic N) is 2. The van der Waals surface area contributed by atoms with E-state index in [4.69, 9.17) is 11.5 Å². The van der Waals surface area contributed by atoms with Gasteiger partial charge in [-0.05, 0) is 63.0 Å². The molecule has 16 heteroatoms. The van der Waals surface area contributed by atoms with Crippen LogP contribution in [0.2, 0.25) is 0 Å². The molecular formula is C32H47N9O6S. The molecule has 1 fully saturated rings. The summed E-state index contributed by atoms with van der Waals surface area (Å²) in [7, 11) is 0. The summed E-state index contributed by atoms with van der Waals surface area (Å²) in [5, 5.41) is 13.9. The molecule has 262 valence electrons. The van der Waals surface area contributed by atoms with Crippen molar-refractivity contribution in [3.8, 4) is 0 Å². The van der Waals surface area contributed by atoms with Gasteiger partial charge in [0.25, 0.3) is 0 Å². The SMILES string of the molecule is CC(=O)N[C@H]1CCC(=O)NCCCC[C@@H](C(=O)N[C@@H](CCCN=C(N)N)C(=O)c2nc3ccccc3s2)NC(=O)[C@H](CC(C)C)NC1=O. The zero-order chi connectivity index (χ0) is 35.2. The summed E-state index contributed by atoms with van der Waals surface area (Å²) in [4.78, 5) is 87.2. The fourth-order valence-electron chi connectivity index (χ4n) is 5.27. The predicted molar refractivity (Wildman–Crippen MR) is 183 cm³/mol. The van der Waals surface area contributed by atoms with Crippen molar-refractivity contribution in [3.63, 3.8) is 0 Å². The highest BCUT2D eigenvalue weighted by Gasteiger charge is 2.32. The van der Waals surface area contributed by atoms with Gasteiger partial charge >= 0.3 is 0 Å². The molecular weight excluding hydrogens is 638 g/mol. The van der Waals surface area contributed by atoms with Gasteiger partial charge in [-0.2, -0.15) is 0 Å². The Labute approximate surface area is 283 Å². The number of benzene rings is 1. The second kappa shape index (κ2) is 18.7. The fraction of sp³-hybridized carbons (Fsp3) is 0.562. The average Bonchev–Trinajstić information content (AvgIpc) is 3.46. The summed E-state index contributed by atoms with van der Waals surface area (Å²) in [5.41, 5.74) is 11.6. The van der Waals surface area contributed by atoms with Crippen LogP contribution in [0.4, 0.5) is 0 Å². The van der Waals surface area contributed by atoms with E-state index < -0.39 is 47.8 Å². The van der Waals surface area contributed by atoms with Gasteiger partial charge in [0.15, 0.2) is 11.0 Å². The van der Waals surface area contributed by atoms with Gasteiger partial charge in [0.2, 0.25) is 35.3 Å². The maximum Gasteiger partial charge on any atom is 0.243 e. The third-order valence-corrected chi connectivity index (χ3v) is 8.70. The van der Waals surface area contributed by atoms with Crippen molar-refractivity contribution in [3.05, 3.63) is 29.3 Å². The van der Waals surface area contributed by atoms with Gasteiger partial charge in [-0.3, -0.25) is 33.8 Å². The number of para-hydroxylation sites is 1. The number of amides is 5. The molecule has 0 bridgehead atoms. The van der Waals surface area contributed by atoms with Crippen LogP contribution in [-0.4, -0.2) is 83.5 Å². The predicted octanol–water partition coefficient (Wildman–Crippen LogP) is 0.618. The van der Waals surface area contributed by atoms with Crippen molar-refractivity contribution >= 4 is 62.8 Å². The molecule has 0 unspecified atom stereocenters. The van der Waals surface area contributed by atoms with E-state index >= 15 is 0 Å². The Bertz CT molecular complexity index is 1460. The molecule has 15 nitrogen and oxygen atoms in total. The van der Waals surface area contributed by atoms with Gasteiger partial charge in [-0.1, -0.05) is 26.0 Å². The number of aliphatic imine (C=N–C) groups is 1. The molecule has 0 radical (unpaired) electrons.